The summed E-state index contributed by atoms with van der Waals surface area (Å²) < 4.78 is 5.58. The van der Waals surface area contributed by atoms with Crippen LogP contribution in [0.2, 0.25) is 0 Å². The Morgan fingerprint density at radius 2 is 1.71 bits per heavy atom. The highest BCUT2D eigenvalue weighted by molar-refractivity contribution is 7.99. The van der Waals surface area contributed by atoms with Gasteiger partial charge in [-0.2, -0.15) is 0 Å². The average Bonchev–Trinajstić information content (AvgIpc) is 2.82. The van der Waals surface area contributed by atoms with Crippen LogP contribution >= 0.6 is 11.8 Å². The molecule has 0 radical (unpaired) electrons. The number of piperazine rings is 1. The van der Waals surface area contributed by atoms with Crippen molar-refractivity contribution in [1.29, 1.82) is 0 Å². The van der Waals surface area contributed by atoms with E-state index in [1.165, 1.54) is 10.5 Å². The molecule has 3 aromatic rings. The van der Waals surface area contributed by atoms with Crippen molar-refractivity contribution < 1.29 is 9.53 Å². The fourth-order valence-electron chi connectivity index (χ4n) is 3.42. The molecule has 1 saturated heterocycles. The van der Waals surface area contributed by atoms with E-state index in [-0.39, 0.29) is 6.09 Å². The molecule has 0 unspecified atom stereocenters. The van der Waals surface area contributed by atoms with Crippen molar-refractivity contribution in [1.82, 2.24) is 19.8 Å². The van der Waals surface area contributed by atoms with E-state index in [1.54, 1.807) is 4.90 Å². The van der Waals surface area contributed by atoms with E-state index >= 15 is 0 Å². The van der Waals surface area contributed by atoms with E-state index in [0.717, 1.165) is 37.5 Å². The summed E-state index contributed by atoms with van der Waals surface area (Å²) >= 11 is 1.81. The molecule has 7 heteroatoms. The molecule has 6 nitrogen and oxygen atoms in total. The van der Waals surface area contributed by atoms with Crippen LogP contribution < -0.4 is 4.74 Å². The Hall–Kier alpha value is -2.90. The molecule has 1 aliphatic rings. The summed E-state index contributed by atoms with van der Waals surface area (Å²) in [7, 11) is 0. The quantitative estimate of drug-likeness (QED) is 0.521. The highest BCUT2D eigenvalue weighted by Gasteiger charge is 2.22. The van der Waals surface area contributed by atoms with Crippen molar-refractivity contribution in [2.24, 2.45) is 0 Å². The Bertz CT molecular complexity index is 946. The second-order valence-electron chi connectivity index (χ2n) is 7.38. The molecule has 1 amide bonds. The summed E-state index contributed by atoms with van der Waals surface area (Å²) in [6, 6.07) is 17.8. The number of hydrogen-bond acceptors (Lipinski definition) is 6. The first-order valence-electron chi connectivity index (χ1n) is 10.5. The van der Waals surface area contributed by atoms with Crippen LogP contribution in [-0.2, 0) is 13.0 Å². The molecule has 3 heterocycles. The fraction of sp³-hybridized carbons (Fsp3) is 0.292. The zero-order valence-corrected chi connectivity index (χ0v) is 18.2. The summed E-state index contributed by atoms with van der Waals surface area (Å²) in [6.07, 6.45) is 6.11. The maximum absolute atomic E-state index is 12.5. The van der Waals surface area contributed by atoms with Gasteiger partial charge in [-0.15, -0.1) is 11.8 Å². The SMILES string of the molecule is O=C(Oc1ccc(CCSc2ccncc2)cc1)N1CCN(Cc2ccccn2)CC1. The molecule has 0 aliphatic carbocycles. The van der Waals surface area contributed by atoms with Crippen LogP contribution in [-0.4, -0.2) is 57.8 Å². The lowest BCUT2D eigenvalue weighted by Gasteiger charge is -2.33. The molecule has 0 N–H and O–H groups in total. The Morgan fingerprint density at radius 1 is 0.935 bits per heavy atom. The second kappa shape index (κ2) is 10.9. The van der Waals surface area contributed by atoms with Gasteiger partial charge in [-0.3, -0.25) is 14.9 Å². The van der Waals surface area contributed by atoms with Crippen molar-refractivity contribution >= 4 is 17.9 Å². The number of aromatic nitrogens is 2. The van der Waals surface area contributed by atoms with Crippen LogP contribution in [0.5, 0.6) is 5.75 Å². The molecule has 1 aliphatic heterocycles. The predicted octanol–water partition coefficient (Wildman–Crippen LogP) is 4.13. The molecular weight excluding hydrogens is 408 g/mol. The molecule has 0 saturated carbocycles. The summed E-state index contributed by atoms with van der Waals surface area (Å²) in [6.45, 7) is 3.77. The molecule has 0 spiro atoms. The summed E-state index contributed by atoms with van der Waals surface area (Å²) in [4.78, 5) is 26.2. The molecule has 2 aromatic heterocycles. The van der Waals surface area contributed by atoms with Gasteiger partial charge in [0.05, 0.1) is 5.69 Å². The maximum Gasteiger partial charge on any atom is 0.415 e. The number of carbonyl (C=O) groups excluding carboxylic acids is 1. The third-order valence-corrected chi connectivity index (χ3v) is 6.19. The summed E-state index contributed by atoms with van der Waals surface area (Å²) in [5.41, 5.74) is 2.28. The van der Waals surface area contributed by atoms with Gasteiger partial charge >= 0.3 is 6.09 Å². The fourth-order valence-corrected chi connectivity index (χ4v) is 4.31. The first-order chi connectivity index (χ1) is 15.3. The minimum Gasteiger partial charge on any atom is -0.410 e. The number of rotatable bonds is 7. The minimum absolute atomic E-state index is 0.279. The predicted molar refractivity (Wildman–Crippen MR) is 122 cm³/mol. The number of pyridine rings is 2. The molecule has 1 aromatic carbocycles. The molecule has 160 valence electrons. The number of hydrogen-bond donors (Lipinski definition) is 0. The number of nitrogens with zero attached hydrogens (tertiary/aromatic N) is 4. The van der Waals surface area contributed by atoms with Gasteiger partial charge in [-0.25, -0.2) is 4.79 Å². The lowest BCUT2D eigenvalue weighted by atomic mass is 10.2. The highest BCUT2D eigenvalue weighted by atomic mass is 32.2. The van der Waals surface area contributed by atoms with Gasteiger partial charge in [0.25, 0.3) is 0 Å². The van der Waals surface area contributed by atoms with Gasteiger partial charge in [0, 0.05) is 62.0 Å². The highest BCUT2D eigenvalue weighted by Crippen LogP contribution is 2.20. The van der Waals surface area contributed by atoms with Gasteiger partial charge < -0.3 is 9.64 Å². The van der Waals surface area contributed by atoms with Gasteiger partial charge in [-0.05, 0) is 48.4 Å². The first kappa shape index (κ1) is 21.3. The van der Waals surface area contributed by atoms with Crippen molar-refractivity contribution in [2.75, 3.05) is 31.9 Å². The minimum atomic E-state index is -0.279. The van der Waals surface area contributed by atoms with Gasteiger partial charge in [0.15, 0.2) is 0 Å². The zero-order valence-electron chi connectivity index (χ0n) is 17.4. The van der Waals surface area contributed by atoms with Crippen LogP contribution in [0.1, 0.15) is 11.3 Å². The average molecular weight is 435 g/mol. The number of amides is 1. The van der Waals surface area contributed by atoms with Crippen LogP contribution in [0.15, 0.2) is 78.1 Å². The van der Waals surface area contributed by atoms with E-state index in [4.69, 9.17) is 4.74 Å². The number of carbonyl (C=O) groups is 1. The normalized spacial score (nSPS) is 14.4. The molecule has 4 rings (SSSR count). The van der Waals surface area contributed by atoms with Crippen LogP contribution in [0, 0.1) is 0 Å². The van der Waals surface area contributed by atoms with Crippen molar-refractivity contribution in [3.63, 3.8) is 0 Å². The van der Waals surface area contributed by atoms with E-state index in [9.17, 15) is 4.79 Å². The van der Waals surface area contributed by atoms with Crippen LogP contribution in [0.4, 0.5) is 4.79 Å². The molecule has 0 atom stereocenters. The smallest absolute Gasteiger partial charge is 0.410 e. The lowest BCUT2D eigenvalue weighted by molar-refractivity contribution is 0.107. The maximum atomic E-state index is 12.5. The van der Waals surface area contributed by atoms with Crippen molar-refractivity contribution in [3.05, 3.63) is 84.4 Å². The lowest BCUT2D eigenvalue weighted by Crippen LogP contribution is -2.49. The van der Waals surface area contributed by atoms with Gasteiger partial charge in [0.1, 0.15) is 5.75 Å². The van der Waals surface area contributed by atoms with E-state index < -0.39 is 0 Å². The number of thioether (sulfide) groups is 1. The zero-order chi connectivity index (χ0) is 21.3. The van der Waals surface area contributed by atoms with E-state index in [1.807, 2.05) is 84.9 Å². The monoisotopic (exact) mass is 434 g/mol. The van der Waals surface area contributed by atoms with Gasteiger partial charge in [0.2, 0.25) is 0 Å². The third kappa shape index (κ3) is 6.54. The number of benzene rings is 1. The Kier molecular flexibility index (Phi) is 7.52. The summed E-state index contributed by atoms with van der Waals surface area (Å²) in [5, 5.41) is 0. The third-order valence-electron chi connectivity index (χ3n) is 5.18. The molecule has 0 bridgehead atoms. The van der Waals surface area contributed by atoms with E-state index in [0.29, 0.717) is 18.8 Å². The summed E-state index contributed by atoms with van der Waals surface area (Å²) in [5.74, 6) is 1.58. The van der Waals surface area contributed by atoms with E-state index in [2.05, 4.69) is 14.9 Å². The van der Waals surface area contributed by atoms with Crippen LogP contribution in [0.3, 0.4) is 0 Å². The Balaban J connectivity index is 1.19. The van der Waals surface area contributed by atoms with Gasteiger partial charge in [-0.1, -0.05) is 18.2 Å². The molecule has 1 fully saturated rings. The van der Waals surface area contributed by atoms with Crippen LogP contribution in [0.25, 0.3) is 0 Å². The van der Waals surface area contributed by atoms with Crippen molar-refractivity contribution in [2.45, 2.75) is 17.9 Å². The molecular formula is C24H26N4O2S. The first-order valence-corrected chi connectivity index (χ1v) is 11.5. The Morgan fingerprint density at radius 3 is 2.42 bits per heavy atom. The standard InChI is InChI=1S/C24H26N4O2S/c29-24(28-16-14-27(15-17-28)19-21-3-1-2-11-26-21)30-22-6-4-20(5-7-22)10-18-31-23-8-12-25-13-9-23/h1-9,11-13H,10,14-19H2. The number of aryl methyl sites for hydroxylation is 1. The van der Waals surface area contributed by atoms with Crippen molar-refractivity contribution in [3.8, 4) is 5.75 Å². The Labute approximate surface area is 187 Å². The topological polar surface area (TPSA) is 58.6 Å². The second-order valence-corrected chi connectivity index (χ2v) is 8.55. The molecule has 31 heavy (non-hydrogen) atoms. The number of ether oxygens (including phenoxy) is 1. The largest absolute Gasteiger partial charge is 0.415 e.